The van der Waals surface area contributed by atoms with Crippen molar-refractivity contribution in [2.24, 2.45) is 0 Å². The summed E-state index contributed by atoms with van der Waals surface area (Å²) in [7, 11) is 0. The van der Waals surface area contributed by atoms with Gasteiger partial charge in [0.1, 0.15) is 0 Å². The van der Waals surface area contributed by atoms with Gasteiger partial charge < -0.3 is 15.3 Å². The van der Waals surface area contributed by atoms with Gasteiger partial charge in [-0.3, -0.25) is 0 Å². The Kier molecular flexibility index (Phi) is 6.27. The zero-order valence-electron chi connectivity index (χ0n) is 14.4. The summed E-state index contributed by atoms with van der Waals surface area (Å²) >= 11 is 0. The van der Waals surface area contributed by atoms with E-state index < -0.39 is 0 Å². The largest absolute Gasteiger partial charge is 0.392 e. The first-order valence-electron chi connectivity index (χ1n) is 9.08. The maximum Gasteiger partial charge on any atom is 0.0681 e. The molecule has 0 atom stereocenters. The van der Waals surface area contributed by atoms with Gasteiger partial charge in [0.2, 0.25) is 0 Å². The van der Waals surface area contributed by atoms with E-state index >= 15 is 0 Å². The second kappa shape index (κ2) is 8.86. The van der Waals surface area contributed by atoms with Gasteiger partial charge in [0, 0.05) is 25.3 Å². The molecule has 3 heteroatoms. The zero-order valence-corrected chi connectivity index (χ0v) is 14.4. The van der Waals surface area contributed by atoms with Crippen LogP contribution >= 0.6 is 0 Å². The molecule has 128 valence electrons. The van der Waals surface area contributed by atoms with Gasteiger partial charge in [0.05, 0.1) is 6.61 Å². The first-order valence-corrected chi connectivity index (χ1v) is 9.08. The van der Waals surface area contributed by atoms with Crippen LogP contribution < -0.4 is 10.2 Å². The number of aliphatic hydroxyl groups is 1. The molecule has 2 N–H and O–H groups in total. The molecule has 2 aromatic rings. The molecule has 0 radical (unpaired) electrons. The summed E-state index contributed by atoms with van der Waals surface area (Å²) in [5.74, 6) is 0. The Labute approximate surface area is 145 Å². The highest BCUT2D eigenvalue weighted by Gasteiger charge is 2.10. The molecule has 0 bridgehead atoms. The molecule has 1 aliphatic rings. The number of aliphatic hydroxyl groups excluding tert-OH is 1. The molecule has 0 amide bonds. The van der Waals surface area contributed by atoms with Crippen LogP contribution in [0.15, 0.2) is 48.5 Å². The molecule has 3 rings (SSSR count). The highest BCUT2D eigenvalue weighted by molar-refractivity contribution is 5.47. The number of rotatable bonds is 7. The summed E-state index contributed by atoms with van der Waals surface area (Å²) in [6.07, 6.45) is 5.03. The van der Waals surface area contributed by atoms with Gasteiger partial charge in [-0.15, -0.1) is 0 Å². The fourth-order valence-corrected chi connectivity index (χ4v) is 3.25. The van der Waals surface area contributed by atoms with E-state index in [1.54, 1.807) is 0 Å². The highest BCUT2D eigenvalue weighted by Crippen LogP contribution is 2.20. The third kappa shape index (κ3) is 4.83. The molecule has 0 spiro atoms. The Balaban J connectivity index is 1.41. The standard InChI is InChI=1S/C21H28N2O/c24-17-20-6-4-18(5-7-20)12-13-22-16-19-8-10-21(11-9-19)23-14-2-1-3-15-23/h4-11,22,24H,1-3,12-17H2. The van der Waals surface area contributed by atoms with Crippen LogP contribution in [-0.4, -0.2) is 24.7 Å². The molecule has 1 fully saturated rings. The number of hydrogen-bond donors (Lipinski definition) is 2. The summed E-state index contributed by atoms with van der Waals surface area (Å²) in [4.78, 5) is 2.50. The van der Waals surface area contributed by atoms with Crippen molar-refractivity contribution in [1.82, 2.24) is 5.32 Å². The lowest BCUT2D eigenvalue weighted by Crippen LogP contribution is -2.29. The predicted molar refractivity (Wildman–Crippen MR) is 100 cm³/mol. The second-order valence-electron chi connectivity index (χ2n) is 6.62. The SMILES string of the molecule is OCc1ccc(CCNCc2ccc(N3CCCCC3)cc2)cc1. The number of anilines is 1. The number of benzene rings is 2. The lowest BCUT2D eigenvalue weighted by Gasteiger charge is -2.28. The van der Waals surface area contributed by atoms with E-state index in [-0.39, 0.29) is 6.61 Å². The van der Waals surface area contributed by atoms with Crippen LogP contribution in [-0.2, 0) is 19.6 Å². The fourth-order valence-electron chi connectivity index (χ4n) is 3.25. The minimum atomic E-state index is 0.117. The molecule has 0 aliphatic carbocycles. The lowest BCUT2D eigenvalue weighted by molar-refractivity contribution is 0.282. The molecule has 3 nitrogen and oxygen atoms in total. The van der Waals surface area contributed by atoms with Gasteiger partial charge in [0.15, 0.2) is 0 Å². The second-order valence-corrected chi connectivity index (χ2v) is 6.62. The van der Waals surface area contributed by atoms with E-state index in [9.17, 15) is 0 Å². The average molecular weight is 324 g/mol. The van der Waals surface area contributed by atoms with Crippen molar-refractivity contribution in [1.29, 1.82) is 0 Å². The Morgan fingerprint density at radius 2 is 1.42 bits per heavy atom. The zero-order chi connectivity index (χ0) is 16.6. The van der Waals surface area contributed by atoms with Crippen molar-refractivity contribution in [3.63, 3.8) is 0 Å². The summed E-state index contributed by atoms with van der Waals surface area (Å²) in [5.41, 5.74) is 4.98. The molecule has 0 aromatic heterocycles. The van der Waals surface area contributed by atoms with Crippen molar-refractivity contribution >= 4 is 5.69 Å². The van der Waals surface area contributed by atoms with Crippen LogP contribution in [0.3, 0.4) is 0 Å². The molecule has 1 heterocycles. The first-order chi connectivity index (χ1) is 11.8. The van der Waals surface area contributed by atoms with E-state index in [1.807, 2.05) is 12.1 Å². The summed E-state index contributed by atoms with van der Waals surface area (Å²) in [5, 5.41) is 12.6. The monoisotopic (exact) mass is 324 g/mol. The van der Waals surface area contributed by atoms with Crippen LogP contribution in [0.25, 0.3) is 0 Å². The molecule has 0 saturated carbocycles. The van der Waals surface area contributed by atoms with E-state index in [0.29, 0.717) is 0 Å². The van der Waals surface area contributed by atoms with Gasteiger partial charge in [-0.1, -0.05) is 36.4 Å². The molecular weight excluding hydrogens is 296 g/mol. The van der Waals surface area contributed by atoms with E-state index in [1.165, 1.54) is 49.2 Å². The van der Waals surface area contributed by atoms with Crippen molar-refractivity contribution < 1.29 is 5.11 Å². The van der Waals surface area contributed by atoms with E-state index in [2.05, 4.69) is 46.6 Å². The van der Waals surface area contributed by atoms with Gasteiger partial charge in [-0.05, 0) is 61.1 Å². The van der Waals surface area contributed by atoms with Gasteiger partial charge >= 0.3 is 0 Å². The molecule has 0 unspecified atom stereocenters. The van der Waals surface area contributed by atoms with Crippen molar-refractivity contribution in [2.75, 3.05) is 24.5 Å². The quantitative estimate of drug-likeness (QED) is 0.765. The van der Waals surface area contributed by atoms with Crippen LogP contribution in [0, 0.1) is 0 Å². The highest BCUT2D eigenvalue weighted by atomic mass is 16.3. The maximum absolute atomic E-state index is 9.06. The molecule has 2 aromatic carbocycles. The van der Waals surface area contributed by atoms with Gasteiger partial charge in [0.25, 0.3) is 0 Å². The van der Waals surface area contributed by atoms with Crippen LogP contribution in [0.5, 0.6) is 0 Å². The third-order valence-electron chi connectivity index (χ3n) is 4.78. The van der Waals surface area contributed by atoms with Crippen molar-refractivity contribution in [2.45, 2.75) is 38.8 Å². The van der Waals surface area contributed by atoms with Crippen LogP contribution in [0.1, 0.15) is 36.0 Å². The topological polar surface area (TPSA) is 35.5 Å². The van der Waals surface area contributed by atoms with Crippen LogP contribution in [0.2, 0.25) is 0 Å². The molecule has 1 aliphatic heterocycles. The number of piperidine rings is 1. The summed E-state index contributed by atoms with van der Waals surface area (Å²) in [6.45, 7) is 4.40. The Morgan fingerprint density at radius 3 is 2.08 bits per heavy atom. The first kappa shape index (κ1) is 17.0. The Morgan fingerprint density at radius 1 is 0.792 bits per heavy atom. The average Bonchev–Trinajstić information content (AvgIpc) is 2.67. The number of nitrogens with one attached hydrogen (secondary N) is 1. The number of nitrogens with zero attached hydrogens (tertiary/aromatic N) is 1. The predicted octanol–water partition coefficient (Wildman–Crippen LogP) is 3.50. The minimum Gasteiger partial charge on any atom is -0.392 e. The summed E-state index contributed by atoms with van der Waals surface area (Å²) in [6, 6.07) is 17.2. The third-order valence-corrected chi connectivity index (χ3v) is 4.78. The minimum absolute atomic E-state index is 0.117. The summed E-state index contributed by atoms with van der Waals surface area (Å²) < 4.78 is 0. The van der Waals surface area contributed by atoms with Crippen molar-refractivity contribution in [3.8, 4) is 0 Å². The number of hydrogen-bond acceptors (Lipinski definition) is 3. The Bertz CT molecular complexity index is 601. The molecular formula is C21H28N2O. The normalized spacial score (nSPS) is 14.8. The van der Waals surface area contributed by atoms with Crippen LogP contribution in [0.4, 0.5) is 5.69 Å². The Hall–Kier alpha value is -1.84. The van der Waals surface area contributed by atoms with E-state index in [0.717, 1.165) is 25.1 Å². The fraction of sp³-hybridized carbons (Fsp3) is 0.429. The lowest BCUT2D eigenvalue weighted by atomic mass is 10.1. The van der Waals surface area contributed by atoms with Crippen molar-refractivity contribution in [3.05, 3.63) is 65.2 Å². The molecule has 24 heavy (non-hydrogen) atoms. The van der Waals surface area contributed by atoms with E-state index in [4.69, 9.17) is 5.11 Å². The smallest absolute Gasteiger partial charge is 0.0681 e. The molecule has 1 saturated heterocycles. The van der Waals surface area contributed by atoms with Gasteiger partial charge in [-0.2, -0.15) is 0 Å². The maximum atomic E-state index is 9.06. The van der Waals surface area contributed by atoms with Gasteiger partial charge in [-0.25, -0.2) is 0 Å².